The highest BCUT2D eigenvalue weighted by Gasteiger charge is 2.26. The van der Waals surface area contributed by atoms with Crippen LogP contribution in [0.2, 0.25) is 0 Å². The van der Waals surface area contributed by atoms with Crippen molar-refractivity contribution in [2.45, 2.75) is 39.7 Å². The van der Waals surface area contributed by atoms with E-state index in [1.165, 1.54) is 0 Å². The zero-order chi connectivity index (χ0) is 12.1. The minimum atomic E-state index is 0.0130. The molecule has 0 aliphatic heterocycles. The van der Waals surface area contributed by atoms with Crippen LogP contribution in [0.15, 0.2) is 12.2 Å². The van der Waals surface area contributed by atoms with Gasteiger partial charge in [0.15, 0.2) is 0 Å². The number of hydrogen-bond acceptors (Lipinski definition) is 2. The first-order valence-electron chi connectivity index (χ1n) is 6.31. The van der Waals surface area contributed by atoms with Gasteiger partial charge >= 0.3 is 0 Å². The first-order valence-corrected chi connectivity index (χ1v) is 6.31. The minimum Gasteiger partial charge on any atom is -0.342 e. The maximum Gasteiger partial charge on any atom is 0.229 e. The predicted octanol–water partition coefficient (Wildman–Crippen LogP) is 1.78. The highest BCUT2D eigenvalue weighted by Crippen LogP contribution is 2.19. The lowest BCUT2D eigenvalue weighted by Crippen LogP contribution is -2.38. The van der Waals surface area contributed by atoms with Gasteiger partial charge in [-0.05, 0) is 19.3 Å². The second-order valence-electron chi connectivity index (χ2n) is 4.78. The van der Waals surface area contributed by atoms with Crippen molar-refractivity contribution in [3.05, 3.63) is 12.2 Å². The van der Waals surface area contributed by atoms with Crippen LogP contribution in [0.3, 0.4) is 0 Å². The Hall–Kier alpha value is -0.830. The van der Waals surface area contributed by atoms with Crippen LogP contribution >= 0.6 is 0 Å². The summed E-state index contributed by atoms with van der Waals surface area (Å²) in [4.78, 5) is 14.2. The van der Waals surface area contributed by atoms with Crippen molar-refractivity contribution in [1.29, 1.82) is 0 Å². The number of nitrogens with two attached hydrogens (primary N) is 1. The molecule has 0 heterocycles. The highest BCUT2D eigenvalue weighted by molar-refractivity contribution is 5.81. The molecule has 92 valence electrons. The van der Waals surface area contributed by atoms with Crippen molar-refractivity contribution >= 4 is 5.91 Å². The molecule has 0 saturated carbocycles. The molecule has 0 aromatic rings. The molecule has 3 nitrogen and oxygen atoms in total. The van der Waals surface area contributed by atoms with Crippen LogP contribution in [-0.4, -0.2) is 29.9 Å². The third kappa shape index (κ3) is 3.34. The van der Waals surface area contributed by atoms with Gasteiger partial charge in [-0.15, -0.1) is 0 Å². The Morgan fingerprint density at radius 3 is 2.62 bits per heavy atom. The van der Waals surface area contributed by atoms with Gasteiger partial charge in [0.25, 0.3) is 0 Å². The van der Waals surface area contributed by atoms with Crippen molar-refractivity contribution in [3.8, 4) is 0 Å². The first kappa shape index (κ1) is 13.2. The van der Waals surface area contributed by atoms with Crippen LogP contribution in [0.5, 0.6) is 0 Å². The molecule has 0 radical (unpaired) electrons. The largest absolute Gasteiger partial charge is 0.342 e. The Balaban J connectivity index is 2.53. The Morgan fingerprint density at radius 1 is 1.50 bits per heavy atom. The molecule has 0 aromatic carbocycles. The molecule has 0 spiro atoms. The third-order valence-corrected chi connectivity index (χ3v) is 3.36. The SMILES string of the molecule is CCC(C)CN(CC)C(=O)C1C=CC(N)C1. The van der Waals surface area contributed by atoms with E-state index in [0.717, 1.165) is 25.9 Å². The summed E-state index contributed by atoms with van der Waals surface area (Å²) in [5.41, 5.74) is 5.77. The van der Waals surface area contributed by atoms with E-state index in [2.05, 4.69) is 13.8 Å². The molecule has 16 heavy (non-hydrogen) atoms. The molecule has 0 saturated heterocycles. The number of carbonyl (C=O) groups is 1. The van der Waals surface area contributed by atoms with E-state index in [1.807, 2.05) is 24.0 Å². The maximum atomic E-state index is 12.2. The first-order chi connectivity index (χ1) is 7.58. The maximum absolute atomic E-state index is 12.2. The second kappa shape index (κ2) is 6.04. The number of carbonyl (C=O) groups excluding carboxylic acids is 1. The number of nitrogens with zero attached hydrogens (tertiary/aromatic N) is 1. The molecule has 1 aliphatic rings. The molecule has 1 amide bonds. The van der Waals surface area contributed by atoms with Crippen molar-refractivity contribution < 1.29 is 4.79 Å². The van der Waals surface area contributed by atoms with Crippen LogP contribution in [0.1, 0.15) is 33.6 Å². The van der Waals surface area contributed by atoms with Gasteiger partial charge in [-0.2, -0.15) is 0 Å². The Kier molecular flexibility index (Phi) is 5.00. The molecule has 0 bridgehead atoms. The van der Waals surface area contributed by atoms with Crippen LogP contribution in [-0.2, 0) is 4.79 Å². The van der Waals surface area contributed by atoms with Crippen LogP contribution < -0.4 is 5.73 Å². The molecular weight excluding hydrogens is 200 g/mol. The fraction of sp³-hybridized carbons (Fsp3) is 0.769. The van der Waals surface area contributed by atoms with E-state index in [4.69, 9.17) is 5.73 Å². The topological polar surface area (TPSA) is 46.3 Å². The van der Waals surface area contributed by atoms with Gasteiger partial charge in [-0.25, -0.2) is 0 Å². The fourth-order valence-electron chi connectivity index (χ4n) is 2.03. The van der Waals surface area contributed by atoms with Crippen molar-refractivity contribution in [3.63, 3.8) is 0 Å². The lowest BCUT2D eigenvalue weighted by molar-refractivity contribution is -0.134. The van der Waals surface area contributed by atoms with E-state index in [-0.39, 0.29) is 17.9 Å². The van der Waals surface area contributed by atoms with Gasteiger partial charge in [-0.3, -0.25) is 4.79 Å². The highest BCUT2D eigenvalue weighted by atomic mass is 16.2. The number of amides is 1. The average molecular weight is 224 g/mol. The standard InChI is InChI=1S/C13H24N2O/c1-4-10(3)9-15(5-2)13(16)11-6-7-12(14)8-11/h6-7,10-12H,4-5,8-9,14H2,1-3H3. The summed E-state index contributed by atoms with van der Waals surface area (Å²) in [5, 5.41) is 0. The third-order valence-electron chi connectivity index (χ3n) is 3.36. The summed E-state index contributed by atoms with van der Waals surface area (Å²) < 4.78 is 0. The van der Waals surface area contributed by atoms with E-state index in [1.54, 1.807) is 0 Å². The normalized spacial score (nSPS) is 25.8. The average Bonchev–Trinajstić information content (AvgIpc) is 2.71. The van der Waals surface area contributed by atoms with Gasteiger partial charge < -0.3 is 10.6 Å². The Labute approximate surface area is 98.7 Å². The summed E-state index contributed by atoms with van der Waals surface area (Å²) in [5.74, 6) is 0.828. The molecule has 0 aromatic heterocycles. The van der Waals surface area contributed by atoms with E-state index >= 15 is 0 Å². The molecule has 2 N–H and O–H groups in total. The van der Waals surface area contributed by atoms with E-state index in [0.29, 0.717) is 5.92 Å². The summed E-state index contributed by atoms with van der Waals surface area (Å²) in [6.45, 7) is 8.05. The molecule has 3 atom stereocenters. The molecule has 0 fully saturated rings. The predicted molar refractivity (Wildman–Crippen MR) is 66.9 cm³/mol. The quantitative estimate of drug-likeness (QED) is 0.724. The van der Waals surface area contributed by atoms with Crippen molar-refractivity contribution in [2.75, 3.05) is 13.1 Å². The van der Waals surface area contributed by atoms with Gasteiger partial charge in [-0.1, -0.05) is 32.4 Å². The van der Waals surface area contributed by atoms with Gasteiger partial charge in [0.2, 0.25) is 5.91 Å². The Morgan fingerprint density at radius 2 is 2.19 bits per heavy atom. The van der Waals surface area contributed by atoms with Crippen LogP contribution in [0, 0.1) is 11.8 Å². The number of hydrogen-bond donors (Lipinski definition) is 1. The van der Waals surface area contributed by atoms with Gasteiger partial charge in [0.05, 0.1) is 5.92 Å². The zero-order valence-electron chi connectivity index (χ0n) is 10.6. The fourth-order valence-corrected chi connectivity index (χ4v) is 2.03. The molecule has 3 heteroatoms. The smallest absolute Gasteiger partial charge is 0.229 e. The van der Waals surface area contributed by atoms with Crippen LogP contribution in [0.4, 0.5) is 0 Å². The monoisotopic (exact) mass is 224 g/mol. The summed E-state index contributed by atoms with van der Waals surface area (Å²) in [6.07, 6.45) is 5.80. The van der Waals surface area contributed by atoms with Crippen LogP contribution in [0.25, 0.3) is 0 Å². The zero-order valence-corrected chi connectivity index (χ0v) is 10.6. The van der Waals surface area contributed by atoms with Gasteiger partial charge in [0.1, 0.15) is 0 Å². The van der Waals surface area contributed by atoms with Crippen molar-refractivity contribution in [2.24, 2.45) is 17.6 Å². The van der Waals surface area contributed by atoms with Gasteiger partial charge in [0, 0.05) is 19.1 Å². The molecule has 1 aliphatic carbocycles. The van der Waals surface area contributed by atoms with Crippen molar-refractivity contribution in [1.82, 2.24) is 4.90 Å². The molecular formula is C13H24N2O. The summed E-state index contributed by atoms with van der Waals surface area (Å²) >= 11 is 0. The minimum absolute atomic E-state index is 0.0130. The van der Waals surface area contributed by atoms with E-state index < -0.39 is 0 Å². The second-order valence-corrected chi connectivity index (χ2v) is 4.78. The summed E-state index contributed by atoms with van der Waals surface area (Å²) in [6, 6.07) is 0.0660. The lowest BCUT2D eigenvalue weighted by Gasteiger charge is -2.26. The van der Waals surface area contributed by atoms with E-state index in [9.17, 15) is 4.79 Å². The number of rotatable bonds is 5. The molecule has 1 rings (SSSR count). The Bertz CT molecular complexity index is 263. The lowest BCUT2D eigenvalue weighted by atomic mass is 10.0. The summed E-state index contributed by atoms with van der Waals surface area (Å²) in [7, 11) is 0. The molecule has 3 unspecified atom stereocenters.